The summed E-state index contributed by atoms with van der Waals surface area (Å²) in [5.74, 6) is 0. The number of pyridine rings is 1. The van der Waals surface area contributed by atoms with E-state index in [2.05, 4.69) is 73.9 Å². The lowest BCUT2D eigenvalue weighted by Gasteiger charge is -2.34. The molecule has 2 aromatic carbocycles. The highest BCUT2D eigenvalue weighted by atomic mass is 32.2. The van der Waals surface area contributed by atoms with Gasteiger partial charge in [0.1, 0.15) is 5.03 Å². The number of fused-ring (bicyclic) bond motifs is 2. The fourth-order valence-corrected chi connectivity index (χ4v) is 5.44. The third-order valence-electron chi connectivity index (χ3n) is 6.95. The summed E-state index contributed by atoms with van der Waals surface area (Å²) in [4.78, 5) is 15.2. The van der Waals surface area contributed by atoms with Crippen LogP contribution in [-0.4, -0.2) is 59.3 Å². The number of rotatable bonds is 4. The number of thioether (sulfide) groups is 1. The Balaban J connectivity index is 1.51. The van der Waals surface area contributed by atoms with Gasteiger partial charge in [0.2, 0.25) is 0 Å². The molecule has 0 saturated carbocycles. The number of aliphatic imine (C=N–C) groups is 1. The summed E-state index contributed by atoms with van der Waals surface area (Å²) in [6, 6.07) is 13.1. The Hall–Kier alpha value is -2.41. The van der Waals surface area contributed by atoms with Gasteiger partial charge in [-0.25, -0.2) is 9.98 Å². The van der Waals surface area contributed by atoms with E-state index in [4.69, 9.17) is 14.7 Å². The number of hydrogen-bond acceptors (Lipinski definition) is 5. The van der Waals surface area contributed by atoms with E-state index in [1.54, 1.807) is 11.8 Å². The van der Waals surface area contributed by atoms with Crippen molar-refractivity contribution in [3.63, 3.8) is 0 Å². The van der Waals surface area contributed by atoms with Crippen molar-refractivity contribution >= 4 is 33.5 Å². The lowest BCUT2D eigenvalue weighted by atomic mass is 10.0. The summed E-state index contributed by atoms with van der Waals surface area (Å²) >= 11 is 1.71. The molecule has 0 amide bonds. The van der Waals surface area contributed by atoms with Gasteiger partial charge in [0, 0.05) is 43.7 Å². The van der Waals surface area contributed by atoms with Gasteiger partial charge in [-0.1, -0.05) is 24.3 Å². The zero-order valence-corrected chi connectivity index (χ0v) is 20.8. The van der Waals surface area contributed by atoms with Crippen LogP contribution in [0.25, 0.3) is 10.9 Å². The van der Waals surface area contributed by atoms with Crippen LogP contribution >= 0.6 is 11.8 Å². The van der Waals surface area contributed by atoms with Gasteiger partial charge < -0.3 is 9.64 Å². The number of aryl methyl sites for hydroxylation is 3. The lowest BCUT2D eigenvalue weighted by molar-refractivity contribution is 0.0358. The van der Waals surface area contributed by atoms with Gasteiger partial charge in [-0.3, -0.25) is 4.90 Å². The minimum absolute atomic E-state index is 0.829. The van der Waals surface area contributed by atoms with Crippen LogP contribution in [0.3, 0.4) is 0 Å². The summed E-state index contributed by atoms with van der Waals surface area (Å²) in [5.41, 5.74) is 8.50. The Bertz CT molecular complexity index is 1220. The zero-order chi connectivity index (χ0) is 22.9. The molecule has 0 aliphatic carbocycles. The maximum absolute atomic E-state index is 5.53. The Kier molecular flexibility index (Phi) is 6.41. The molecule has 0 bridgehead atoms. The van der Waals surface area contributed by atoms with E-state index in [0.29, 0.717) is 0 Å². The average molecular weight is 461 g/mol. The first kappa shape index (κ1) is 22.4. The predicted octanol–water partition coefficient (Wildman–Crippen LogP) is 5.40. The number of amidine groups is 1. The van der Waals surface area contributed by atoms with Crippen LogP contribution in [-0.2, 0) is 11.3 Å². The maximum Gasteiger partial charge on any atom is 0.171 e. The van der Waals surface area contributed by atoms with Gasteiger partial charge in [-0.05, 0) is 73.8 Å². The fourth-order valence-electron chi connectivity index (χ4n) is 4.45. The monoisotopic (exact) mass is 460 g/mol. The minimum atomic E-state index is 0.829. The summed E-state index contributed by atoms with van der Waals surface area (Å²) in [5, 5.41) is 3.35. The average Bonchev–Trinajstić information content (AvgIpc) is 2.83. The van der Waals surface area contributed by atoms with Crippen molar-refractivity contribution in [2.75, 3.05) is 39.4 Å². The van der Waals surface area contributed by atoms with Crippen molar-refractivity contribution in [1.29, 1.82) is 0 Å². The molecule has 1 saturated heterocycles. The van der Waals surface area contributed by atoms with E-state index in [1.165, 1.54) is 33.2 Å². The van der Waals surface area contributed by atoms with E-state index in [1.807, 2.05) is 0 Å². The molecule has 0 N–H and O–H groups in total. The SMILES string of the molecule is Cc1cccc(N=C2Sc3nc4c(C)c(C)ccc4cc3CN2CCN2CCOCC2)c1C. The van der Waals surface area contributed by atoms with E-state index in [0.717, 1.165) is 67.3 Å². The number of ether oxygens (including phenoxy) is 1. The van der Waals surface area contributed by atoms with Gasteiger partial charge in [0.25, 0.3) is 0 Å². The van der Waals surface area contributed by atoms with Crippen molar-refractivity contribution in [2.45, 2.75) is 39.3 Å². The summed E-state index contributed by atoms with van der Waals surface area (Å²) < 4.78 is 5.53. The van der Waals surface area contributed by atoms with Crippen molar-refractivity contribution in [1.82, 2.24) is 14.8 Å². The molecule has 3 heterocycles. The lowest BCUT2D eigenvalue weighted by Crippen LogP contribution is -2.43. The van der Waals surface area contributed by atoms with Gasteiger partial charge in [0.15, 0.2) is 5.17 Å². The smallest absolute Gasteiger partial charge is 0.171 e. The Morgan fingerprint density at radius 1 is 0.970 bits per heavy atom. The molecule has 172 valence electrons. The third kappa shape index (κ3) is 4.65. The van der Waals surface area contributed by atoms with Crippen LogP contribution in [0.4, 0.5) is 5.69 Å². The maximum atomic E-state index is 5.53. The van der Waals surface area contributed by atoms with Crippen LogP contribution in [0.2, 0.25) is 0 Å². The van der Waals surface area contributed by atoms with E-state index in [-0.39, 0.29) is 0 Å². The zero-order valence-electron chi connectivity index (χ0n) is 20.0. The van der Waals surface area contributed by atoms with Gasteiger partial charge in [-0.2, -0.15) is 0 Å². The van der Waals surface area contributed by atoms with Gasteiger partial charge in [0.05, 0.1) is 24.4 Å². The Morgan fingerprint density at radius 2 is 1.76 bits per heavy atom. The van der Waals surface area contributed by atoms with E-state index in [9.17, 15) is 0 Å². The molecule has 2 aliphatic rings. The van der Waals surface area contributed by atoms with Crippen LogP contribution < -0.4 is 0 Å². The number of morpholine rings is 1. The molecule has 1 aromatic heterocycles. The number of aromatic nitrogens is 1. The first-order chi connectivity index (χ1) is 16.0. The van der Waals surface area contributed by atoms with Crippen LogP contribution in [0, 0.1) is 27.7 Å². The molecule has 0 unspecified atom stereocenters. The molecule has 33 heavy (non-hydrogen) atoms. The highest BCUT2D eigenvalue weighted by Gasteiger charge is 2.26. The first-order valence-electron chi connectivity index (χ1n) is 11.8. The largest absolute Gasteiger partial charge is 0.379 e. The molecule has 5 rings (SSSR count). The van der Waals surface area contributed by atoms with Crippen molar-refractivity contribution in [3.8, 4) is 0 Å². The Morgan fingerprint density at radius 3 is 2.58 bits per heavy atom. The molecule has 2 aliphatic heterocycles. The molecule has 1 fully saturated rings. The van der Waals surface area contributed by atoms with E-state index >= 15 is 0 Å². The molecule has 0 radical (unpaired) electrons. The molecule has 6 heteroatoms. The van der Waals surface area contributed by atoms with Crippen molar-refractivity contribution in [2.24, 2.45) is 4.99 Å². The number of benzene rings is 2. The predicted molar refractivity (Wildman–Crippen MR) is 138 cm³/mol. The third-order valence-corrected chi connectivity index (χ3v) is 8.03. The normalized spacial score (nSPS) is 18.2. The minimum Gasteiger partial charge on any atom is -0.379 e. The molecular weight excluding hydrogens is 428 g/mol. The van der Waals surface area contributed by atoms with Gasteiger partial charge >= 0.3 is 0 Å². The van der Waals surface area contributed by atoms with Gasteiger partial charge in [-0.15, -0.1) is 0 Å². The second-order valence-corrected chi connectivity index (χ2v) is 10.1. The number of nitrogens with zero attached hydrogens (tertiary/aromatic N) is 4. The van der Waals surface area contributed by atoms with Crippen LogP contribution in [0.5, 0.6) is 0 Å². The molecule has 0 spiro atoms. The molecule has 3 aromatic rings. The Labute approximate surface area is 200 Å². The highest BCUT2D eigenvalue weighted by Crippen LogP contribution is 2.36. The summed E-state index contributed by atoms with van der Waals surface area (Å²) in [6.45, 7) is 15.1. The second-order valence-electron chi connectivity index (χ2n) is 9.12. The molecule has 5 nitrogen and oxygen atoms in total. The second kappa shape index (κ2) is 9.45. The van der Waals surface area contributed by atoms with Crippen molar-refractivity contribution in [3.05, 3.63) is 64.2 Å². The van der Waals surface area contributed by atoms with Crippen LogP contribution in [0.1, 0.15) is 27.8 Å². The quantitative estimate of drug-likeness (QED) is 0.522. The fraction of sp³-hybridized carbons (Fsp3) is 0.407. The van der Waals surface area contributed by atoms with Crippen LogP contribution in [0.15, 0.2) is 46.4 Å². The molecular formula is C27H32N4OS. The topological polar surface area (TPSA) is 41.0 Å². The van der Waals surface area contributed by atoms with E-state index < -0.39 is 0 Å². The number of hydrogen-bond donors (Lipinski definition) is 0. The highest BCUT2D eigenvalue weighted by molar-refractivity contribution is 8.13. The summed E-state index contributed by atoms with van der Waals surface area (Å²) in [6.07, 6.45) is 0. The first-order valence-corrected chi connectivity index (χ1v) is 12.6. The summed E-state index contributed by atoms with van der Waals surface area (Å²) in [7, 11) is 0. The molecule has 0 atom stereocenters. The standard InChI is InChI=1S/C27H32N4OS/c1-18-6-5-7-24(20(18)3)28-27-31(11-10-30-12-14-32-15-13-30)17-23-16-22-9-8-19(2)21(4)25(22)29-26(23)33-27/h5-9,16H,10-15,17H2,1-4H3. The van der Waals surface area contributed by atoms with Crippen molar-refractivity contribution < 1.29 is 4.74 Å².